The van der Waals surface area contributed by atoms with Crippen LogP contribution < -0.4 is 0 Å². The molecule has 2 rings (SSSR count). The first kappa shape index (κ1) is 9.34. The summed E-state index contributed by atoms with van der Waals surface area (Å²) in [7, 11) is 0. The van der Waals surface area contributed by atoms with E-state index in [1.165, 1.54) is 0 Å². The van der Waals surface area contributed by atoms with Gasteiger partial charge in [0.1, 0.15) is 0 Å². The number of thioether (sulfide) groups is 1. The van der Waals surface area contributed by atoms with Crippen molar-refractivity contribution in [3.05, 3.63) is 0 Å². The van der Waals surface area contributed by atoms with Gasteiger partial charge in [-0.05, 0) is 36.7 Å². The predicted octanol–water partition coefficient (Wildman–Crippen LogP) is 0.965. The molecule has 1 aliphatic carbocycles. The van der Waals surface area contributed by atoms with Gasteiger partial charge < -0.3 is 10.2 Å². The Kier molecular flexibility index (Phi) is 2.28. The molecule has 1 aliphatic heterocycles. The molecule has 74 valence electrons. The van der Waals surface area contributed by atoms with Crippen LogP contribution in [0, 0.1) is 11.3 Å². The predicted molar refractivity (Wildman–Crippen MR) is 50.7 cm³/mol. The van der Waals surface area contributed by atoms with Crippen LogP contribution in [0.2, 0.25) is 0 Å². The minimum atomic E-state index is -1.13. The maximum absolute atomic E-state index is 10.7. The van der Waals surface area contributed by atoms with Gasteiger partial charge in [-0.15, -0.1) is 0 Å². The zero-order valence-corrected chi connectivity index (χ0v) is 8.22. The number of rotatable bonds is 3. The minimum Gasteiger partial charge on any atom is -0.479 e. The van der Waals surface area contributed by atoms with E-state index in [2.05, 4.69) is 0 Å². The third-order valence-corrected chi connectivity index (χ3v) is 4.51. The average Bonchev–Trinajstić information content (AvgIpc) is 2.72. The fraction of sp³-hybridized carbons (Fsp3) is 0.889. The Morgan fingerprint density at radius 2 is 2.23 bits per heavy atom. The van der Waals surface area contributed by atoms with Crippen LogP contribution in [0.5, 0.6) is 0 Å². The fourth-order valence-electron chi connectivity index (χ4n) is 2.28. The Labute approximate surface area is 81.5 Å². The van der Waals surface area contributed by atoms with E-state index in [1.54, 1.807) is 0 Å². The third kappa shape index (κ3) is 1.46. The second kappa shape index (κ2) is 3.17. The SMILES string of the molecule is O=C(O)C(O)C1(C2CCSC2)CC1. The van der Waals surface area contributed by atoms with Crippen LogP contribution in [0.3, 0.4) is 0 Å². The van der Waals surface area contributed by atoms with Crippen molar-refractivity contribution in [2.75, 3.05) is 11.5 Å². The summed E-state index contributed by atoms with van der Waals surface area (Å²) in [6.07, 6.45) is 1.74. The summed E-state index contributed by atoms with van der Waals surface area (Å²) in [6.45, 7) is 0. The third-order valence-electron chi connectivity index (χ3n) is 3.35. The molecule has 0 aromatic carbocycles. The Morgan fingerprint density at radius 3 is 2.62 bits per heavy atom. The van der Waals surface area contributed by atoms with Crippen LogP contribution in [0.1, 0.15) is 19.3 Å². The molecule has 1 heterocycles. The lowest BCUT2D eigenvalue weighted by atomic mass is 9.83. The molecule has 0 radical (unpaired) electrons. The van der Waals surface area contributed by atoms with Crippen molar-refractivity contribution >= 4 is 17.7 Å². The molecule has 13 heavy (non-hydrogen) atoms. The van der Waals surface area contributed by atoms with Crippen molar-refractivity contribution in [3.8, 4) is 0 Å². The molecule has 2 unspecified atom stereocenters. The van der Waals surface area contributed by atoms with Crippen molar-refractivity contribution in [1.29, 1.82) is 0 Å². The fourth-order valence-corrected chi connectivity index (χ4v) is 3.68. The van der Waals surface area contributed by atoms with E-state index in [0.717, 1.165) is 30.8 Å². The maximum atomic E-state index is 10.7. The van der Waals surface area contributed by atoms with Gasteiger partial charge in [0.15, 0.2) is 6.10 Å². The molecule has 3 nitrogen and oxygen atoms in total. The van der Waals surface area contributed by atoms with Gasteiger partial charge in [-0.1, -0.05) is 0 Å². The zero-order valence-electron chi connectivity index (χ0n) is 7.40. The van der Waals surface area contributed by atoms with Crippen LogP contribution >= 0.6 is 11.8 Å². The van der Waals surface area contributed by atoms with Gasteiger partial charge in [0.25, 0.3) is 0 Å². The van der Waals surface area contributed by atoms with Gasteiger partial charge >= 0.3 is 5.97 Å². The maximum Gasteiger partial charge on any atom is 0.333 e. The van der Waals surface area contributed by atoms with Crippen LogP contribution in [-0.4, -0.2) is 33.8 Å². The molecule has 2 atom stereocenters. The number of carbonyl (C=O) groups is 1. The summed E-state index contributed by atoms with van der Waals surface area (Å²) in [5.41, 5.74) is -0.255. The second-order valence-electron chi connectivity index (χ2n) is 4.03. The lowest BCUT2D eigenvalue weighted by molar-refractivity contribution is -0.152. The first-order valence-corrected chi connectivity index (χ1v) is 5.81. The molecule has 4 heteroatoms. The first-order valence-electron chi connectivity index (χ1n) is 4.65. The molecule has 0 aromatic rings. The van der Waals surface area contributed by atoms with E-state index in [-0.39, 0.29) is 5.41 Å². The van der Waals surface area contributed by atoms with Crippen LogP contribution in [0.25, 0.3) is 0 Å². The van der Waals surface area contributed by atoms with E-state index < -0.39 is 12.1 Å². The molecular weight excluding hydrogens is 188 g/mol. The number of aliphatic hydroxyl groups excluding tert-OH is 1. The molecule has 0 bridgehead atoms. The van der Waals surface area contributed by atoms with Crippen molar-refractivity contribution in [2.24, 2.45) is 11.3 Å². The Bertz CT molecular complexity index is 219. The quantitative estimate of drug-likeness (QED) is 0.716. The van der Waals surface area contributed by atoms with Crippen LogP contribution in [0.15, 0.2) is 0 Å². The summed E-state index contributed by atoms with van der Waals surface area (Å²) in [4.78, 5) is 10.7. The zero-order chi connectivity index (χ0) is 9.47. The molecule has 0 spiro atoms. The number of hydrogen-bond donors (Lipinski definition) is 2. The highest BCUT2D eigenvalue weighted by Gasteiger charge is 2.57. The minimum absolute atomic E-state index is 0.255. The van der Waals surface area contributed by atoms with E-state index in [1.807, 2.05) is 11.8 Å². The van der Waals surface area contributed by atoms with Crippen molar-refractivity contribution in [2.45, 2.75) is 25.4 Å². The van der Waals surface area contributed by atoms with E-state index in [9.17, 15) is 9.90 Å². The summed E-state index contributed by atoms with van der Waals surface area (Å²) >= 11 is 1.87. The molecule has 2 fully saturated rings. The Balaban J connectivity index is 2.06. The van der Waals surface area contributed by atoms with Gasteiger partial charge in [-0.3, -0.25) is 0 Å². The molecular formula is C9H14O3S. The smallest absolute Gasteiger partial charge is 0.333 e. The number of hydrogen-bond acceptors (Lipinski definition) is 3. The lowest BCUT2D eigenvalue weighted by Crippen LogP contribution is -2.36. The normalized spacial score (nSPS) is 32.8. The summed E-state index contributed by atoms with van der Waals surface area (Å²) in [5, 5.41) is 18.3. The van der Waals surface area contributed by atoms with Crippen molar-refractivity contribution in [1.82, 2.24) is 0 Å². The standard InChI is InChI=1S/C9H14O3S/c10-7(8(11)12)9(2-3-9)6-1-4-13-5-6/h6-7,10H,1-5H2,(H,11,12). The largest absolute Gasteiger partial charge is 0.479 e. The van der Waals surface area contributed by atoms with Crippen LogP contribution in [0.4, 0.5) is 0 Å². The highest BCUT2D eigenvalue weighted by molar-refractivity contribution is 7.99. The van der Waals surface area contributed by atoms with Gasteiger partial charge in [0.2, 0.25) is 0 Å². The average molecular weight is 202 g/mol. The highest BCUT2D eigenvalue weighted by Crippen LogP contribution is 2.58. The van der Waals surface area contributed by atoms with Gasteiger partial charge in [-0.2, -0.15) is 11.8 Å². The van der Waals surface area contributed by atoms with Gasteiger partial charge in [0.05, 0.1) is 0 Å². The molecule has 0 amide bonds. The first-order chi connectivity index (χ1) is 6.17. The number of carboxylic acid groups (broad SMARTS) is 1. The number of aliphatic hydroxyl groups is 1. The van der Waals surface area contributed by atoms with Crippen molar-refractivity contribution in [3.63, 3.8) is 0 Å². The number of aliphatic carboxylic acids is 1. The highest BCUT2D eigenvalue weighted by atomic mass is 32.2. The van der Waals surface area contributed by atoms with Gasteiger partial charge in [0, 0.05) is 5.41 Å². The molecule has 2 N–H and O–H groups in total. The summed E-state index contributed by atoms with van der Waals surface area (Å²) in [5.74, 6) is 1.54. The van der Waals surface area contributed by atoms with Gasteiger partial charge in [-0.25, -0.2) is 4.79 Å². The topological polar surface area (TPSA) is 57.5 Å². The Morgan fingerprint density at radius 1 is 1.54 bits per heavy atom. The molecule has 2 aliphatic rings. The second-order valence-corrected chi connectivity index (χ2v) is 5.18. The Hall–Kier alpha value is -0.220. The molecule has 0 aromatic heterocycles. The van der Waals surface area contributed by atoms with E-state index in [4.69, 9.17) is 5.11 Å². The summed E-state index contributed by atoms with van der Waals surface area (Å²) in [6, 6.07) is 0. The van der Waals surface area contributed by atoms with Crippen molar-refractivity contribution < 1.29 is 15.0 Å². The monoisotopic (exact) mass is 202 g/mol. The van der Waals surface area contributed by atoms with Crippen LogP contribution in [-0.2, 0) is 4.79 Å². The van der Waals surface area contributed by atoms with E-state index in [0.29, 0.717) is 5.92 Å². The molecule has 1 saturated heterocycles. The number of carboxylic acids is 1. The lowest BCUT2D eigenvalue weighted by Gasteiger charge is -2.24. The van der Waals surface area contributed by atoms with E-state index >= 15 is 0 Å². The molecule has 1 saturated carbocycles. The summed E-state index contributed by atoms with van der Waals surface area (Å²) < 4.78 is 0.